The number of aromatic nitrogens is 3. The lowest BCUT2D eigenvalue weighted by Crippen LogP contribution is -2.33. The molecule has 2 aromatic carbocycles. The van der Waals surface area contributed by atoms with Crippen LogP contribution in [0.2, 0.25) is 0 Å². The summed E-state index contributed by atoms with van der Waals surface area (Å²) in [4.78, 5) is 16.8. The SMILES string of the molecule is Cc1ccccc1-c1cc(NCCNC(=O)Nc2ccccc2C(F)(F)F)n2ncc(Br)c2n1. The third-order valence-corrected chi connectivity index (χ3v) is 5.61. The molecule has 2 amide bonds. The number of amides is 2. The van der Waals surface area contributed by atoms with Crippen molar-refractivity contribution in [1.29, 1.82) is 0 Å². The second kappa shape index (κ2) is 9.72. The van der Waals surface area contributed by atoms with Gasteiger partial charge in [0.15, 0.2) is 5.65 Å². The number of benzene rings is 2. The monoisotopic (exact) mass is 532 g/mol. The minimum absolute atomic E-state index is 0.159. The molecule has 0 bridgehead atoms. The van der Waals surface area contributed by atoms with Crippen molar-refractivity contribution >= 4 is 39.1 Å². The van der Waals surface area contributed by atoms with Crippen LogP contribution in [0.5, 0.6) is 0 Å². The molecule has 0 saturated heterocycles. The molecule has 11 heteroatoms. The van der Waals surface area contributed by atoms with E-state index in [1.165, 1.54) is 18.2 Å². The number of hydrogen-bond donors (Lipinski definition) is 3. The standard InChI is InChI=1S/C23H20BrF3N6O/c1-14-6-2-3-7-15(14)19-12-20(33-21(31-19)17(24)13-30-33)28-10-11-29-22(34)32-18-9-5-4-8-16(18)23(25,26)27/h2-9,12-13,28H,10-11H2,1H3,(H2,29,32,34). The molecule has 0 fully saturated rings. The van der Waals surface area contributed by atoms with E-state index in [0.717, 1.165) is 27.4 Å². The minimum Gasteiger partial charge on any atom is -0.368 e. The van der Waals surface area contributed by atoms with Gasteiger partial charge in [0.2, 0.25) is 0 Å². The highest BCUT2D eigenvalue weighted by atomic mass is 79.9. The van der Waals surface area contributed by atoms with Gasteiger partial charge >= 0.3 is 12.2 Å². The maximum atomic E-state index is 13.1. The number of nitrogens with zero attached hydrogens (tertiary/aromatic N) is 3. The van der Waals surface area contributed by atoms with Crippen LogP contribution in [0.15, 0.2) is 65.3 Å². The number of urea groups is 1. The predicted molar refractivity (Wildman–Crippen MR) is 128 cm³/mol. The van der Waals surface area contributed by atoms with Crippen LogP contribution < -0.4 is 16.0 Å². The summed E-state index contributed by atoms with van der Waals surface area (Å²) >= 11 is 3.46. The van der Waals surface area contributed by atoms with E-state index < -0.39 is 17.8 Å². The van der Waals surface area contributed by atoms with Crippen molar-refractivity contribution in [2.45, 2.75) is 13.1 Å². The third-order valence-electron chi connectivity index (χ3n) is 5.05. The maximum absolute atomic E-state index is 13.1. The summed E-state index contributed by atoms with van der Waals surface area (Å²) in [5.41, 5.74) is 2.21. The molecule has 176 valence electrons. The van der Waals surface area contributed by atoms with Gasteiger partial charge < -0.3 is 16.0 Å². The van der Waals surface area contributed by atoms with E-state index in [9.17, 15) is 18.0 Å². The van der Waals surface area contributed by atoms with Gasteiger partial charge in [-0.05, 0) is 40.5 Å². The number of aryl methyl sites for hydroxylation is 1. The number of carbonyl (C=O) groups excluding carboxylic acids is 1. The number of carbonyl (C=O) groups is 1. The van der Waals surface area contributed by atoms with Crippen LogP contribution in [0, 0.1) is 6.92 Å². The molecule has 34 heavy (non-hydrogen) atoms. The Balaban J connectivity index is 1.44. The van der Waals surface area contributed by atoms with Crippen molar-refractivity contribution in [2.75, 3.05) is 23.7 Å². The van der Waals surface area contributed by atoms with E-state index in [1.54, 1.807) is 10.7 Å². The molecule has 0 atom stereocenters. The Labute approximate surface area is 201 Å². The van der Waals surface area contributed by atoms with Crippen molar-refractivity contribution in [3.63, 3.8) is 0 Å². The molecule has 0 saturated carbocycles. The lowest BCUT2D eigenvalue weighted by molar-refractivity contribution is -0.136. The zero-order chi connectivity index (χ0) is 24.3. The van der Waals surface area contributed by atoms with Gasteiger partial charge in [0, 0.05) is 24.7 Å². The molecule has 0 aliphatic rings. The molecule has 2 heterocycles. The molecule has 2 aromatic heterocycles. The molecule has 4 rings (SSSR count). The fourth-order valence-electron chi connectivity index (χ4n) is 3.43. The molecule has 0 radical (unpaired) electrons. The summed E-state index contributed by atoms with van der Waals surface area (Å²) in [6.07, 6.45) is -2.93. The number of halogens is 4. The van der Waals surface area contributed by atoms with Crippen LogP contribution >= 0.6 is 15.9 Å². The van der Waals surface area contributed by atoms with E-state index in [0.29, 0.717) is 18.0 Å². The van der Waals surface area contributed by atoms with E-state index in [4.69, 9.17) is 4.98 Å². The highest BCUT2D eigenvalue weighted by Gasteiger charge is 2.33. The largest absolute Gasteiger partial charge is 0.418 e. The highest BCUT2D eigenvalue weighted by Crippen LogP contribution is 2.34. The zero-order valence-electron chi connectivity index (χ0n) is 17.9. The molecule has 0 unspecified atom stereocenters. The fraction of sp³-hybridized carbons (Fsp3) is 0.174. The normalized spacial score (nSPS) is 11.4. The number of para-hydroxylation sites is 1. The van der Waals surface area contributed by atoms with Gasteiger partial charge in [-0.25, -0.2) is 9.78 Å². The summed E-state index contributed by atoms with van der Waals surface area (Å²) < 4.78 is 41.7. The van der Waals surface area contributed by atoms with Crippen LogP contribution in [0.3, 0.4) is 0 Å². The summed E-state index contributed by atoms with van der Waals surface area (Å²) in [6.45, 7) is 2.46. The Morgan fingerprint density at radius 3 is 2.59 bits per heavy atom. The average molecular weight is 533 g/mol. The highest BCUT2D eigenvalue weighted by molar-refractivity contribution is 9.10. The van der Waals surface area contributed by atoms with Gasteiger partial charge in [0.05, 0.1) is 27.6 Å². The summed E-state index contributed by atoms with van der Waals surface area (Å²) in [5, 5.41) is 12.3. The average Bonchev–Trinajstić information content (AvgIpc) is 3.17. The van der Waals surface area contributed by atoms with E-state index >= 15 is 0 Å². The minimum atomic E-state index is -4.56. The molecular weight excluding hydrogens is 513 g/mol. The Morgan fingerprint density at radius 2 is 1.82 bits per heavy atom. The number of anilines is 2. The second-order valence-electron chi connectivity index (χ2n) is 7.42. The molecule has 0 aliphatic heterocycles. The lowest BCUT2D eigenvalue weighted by atomic mass is 10.1. The number of nitrogens with one attached hydrogen (secondary N) is 3. The van der Waals surface area contributed by atoms with Gasteiger partial charge in [-0.15, -0.1) is 0 Å². The Bertz CT molecular complexity index is 1340. The molecule has 3 N–H and O–H groups in total. The van der Waals surface area contributed by atoms with Gasteiger partial charge in [0.25, 0.3) is 0 Å². The zero-order valence-corrected chi connectivity index (χ0v) is 19.5. The Hall–Kier alpha value is -3.60. The van der Waals surface area contributed by atoms with Gasteiger partial charge in [-0.2, -0.15) is 22.8 Å². The molecule has 7 nitrogen and oxygen atoms in total. The quantitative estimate of drug-likeness (QED) is 0.277. The van der Waals surface area contributed by atoms with Crippen LogP contribution in [-0.4, -0.2) is 33.7 Å². The lowest BCUT2D eigenvalue weighted by Gasteiger charge is -2.15. The first-order chi connectivity index (χ1) is 16.2. The van der Waals surface area contributed by atoms with Crippen molar-refractivity contribution in [3.8, 4) is 11.3 Å². The van der Waals surface area contributed by atoms with E-state index in [2.05, 4.69) is 37.0 Å². The van der Waals surface area contributed by atoms with Crippen LogP contribution in [0.1, 0.15) is 11.1 Å². The first kappa shape index (κ1) is 23.6. The van der Waals surface area contributed by atoms with Crippen LogP contribution in [0.25, 0.3) is 16.9 Å². The first-order valence-electron chi connectivity index (χ1n) is 10.3. The molecule has 0 spiro atoms. The van der Waals surface area contributed by atoms with Crippen molar-refractivity contribution in [3.05, 3.63) is 76.4 Å². The predicted octanol–water partition coefficient (Wildman–Crippen LogP) is 5.72. The van der Waals surface area contributed by atoms with Gasteiger partial charge in [-0.1, -0.05) is 36.4 Å². The Kier molecular flexibility index (Phi) is 6.73. The van der Waals surface area contributed by atoms with E-state index in [1.807, 2.05) is 37.3 Å². The number of alkyl halides is 3. The summed E-state index contributed by atoms with van der Waals surface area (Å²) in [7, 11) is 0. The van der Waals surface area contributed by atoms with Crippen molar-refractivity contribution in [1.82, 2.24) is 19.9 Å². The van der Waals surface area contributed by atoms with Crippen LogP contribution in [0.4, 0.5) is 29.5 Å². The number of rotatable bonds is 6. The molecular formula is C23H20BrF3N6O. The van der Waals surface area contributed by atoms with Crippen molar-refractivity contribution < 1.29 is 18.0 Å². The second-order valence-corrected chi connectivity index (χ2v) is 8.27. The number of hydrogen-bond acceptors (Lipinski definition) is 4. The maximum Gasteiger partial charge on any atom is 0.418 e. The van der Waals surface area contributed by atoms with Crippen LogP contribution in [-0.2, 0) is 6.18 Å². The fourth-order valence-corrected chi connectivity index (χ4v) is 3.78. The summed E-state index contributed by atoms with van der Waals surface area (Å²) in [6, 6.07) is 13.8. The van der Waals surface area contributed by atoms with Gasteiger partial charge in [-0.3, -0.25) is 0 Å². The topological polar surface area (TPSA) is 83.3 Å². The van der Waals surface area contributed by atoms with E-state index in [-0.39, 0.29) is 12.2 Å². The smallest absolute Gasteiger partial charge is 0.368 e. The van der Waals surface area contributed by atoms with Crippen molar-refractivity contribution in [2.24, 2.45) is 0 Å². The van der Waals surface area contributed by atoms with Gasteiger partial charge in [0.1, 0.15) is 5.82 Å². The third kappa shape index (κ3) is 5.14. The summed E-state index contributed by atoms with van der Waals surface area (Å²) in [5.74, 6) is 0.651. The first-order valence-corrected chi connectivity index (χ1v) is 11.1. The number of fused-ring (bicyclic) bond motifs is 1. The molecule has 0 aliphatic carbocycles. The molecule has 4 aromatic rings. The Morgan fingerprint density at radius 1 is 1.09 bits per heavy atom.